The highest BCUT2D eigenvalue weighted by atomic mass is 32.1. The molecule has 18 heavy (non-hydrogen) atoms. The Hall–Kier alpha value is -1.53. The Morgan fingerprint density at radius 1 is 1.39 bits per heavy atom. The largest absolute Gasteiger partial charge is 0.329 e. The maximum absolute atomic E-state index is 5.35. The Morgan fingerprint density at radius 2 is 2.22 bits per heavy atom. The lowest BCUT2D eigenvalue weighted by molar-refractivity contribution is 0.792. The number of aromatic amines is 1. The van der Waals surface area contributed by atoms with Crippen LogP contribution in [0, 0.1) is 18.6 Å². The first-order valence-corrected chi connectivity index (χ1v) is 6.83. The number of hydrogen-bond donors (Lipinski definition) is 1. The monoisotopic (exact) mass is 276 g/mol. The highest BCUT2D eigenvalue weighted by Gasteiger charge is 2.08. The van der Waals surface area contributed by atoms with Crippen LogP contribution in [0.4, 0.5) is 0 Å². The molecule has 3 aromatic rings. The number of aromatic nitrogens is 4. The van der Waals surface area contributed by atoms with Crippen LogP contribution in [-0.2, 0) is 6.54 Å². The number of H-pyrrole nitrogens is 1. The Kier molecular flexibility index (Phi) is 2.76. The first-order chi connectivity index (χ1) is 8.63. The quantitative estimate of drug-likeness (QED) is 0.731. The molecule has 0 aromatic carbocycles. The van der Waals surface area contributed by atoms with E-state index < -0.39 is 0 Å². The summed E-state index contributed by atoms with van der Waals surface area (Å²) in [5, 5.41) is 1.05. The molecule has 3 rings (SSSR count). The van der Waals surface area contributed by atoms with Crippen molar-refractivity contribution in [3.63, 3.8) is 0 Å². The number of pyridine rings is 1. The lowest BCUT2D eigenvalue weighted by Gasteiger charge is -2.01. The van der Waals surface area contributed by atoms with Crippen LogP contribution in [0.3, 0.4) is 0 Å². The van der Waals surface area contributed by atoms with Crippen molar-refractivity contribution in [1.29, 1.82) is 0 Å². The zero-order valence-corrected chi connectivity index (χ0v) is 11.7. The molecular formula is C12H12N4S2. The average molecular weight is 276 g/mol. The number of fused-ring (bicyclic) bond motifs is 1. The first-order valence-electron chi connectivity index (χ1n) is 5.61. The summed E-state index contributed by atoms with van der Waals surface area (Å²) < 4.78 is 2.69. The number of rotatable bonds is 2. The Labute approximate surface area is 113 Å². The van der Waals surface area contributed by atoms with Gasteiger partial charge in [0.2, 0.25) is 0 Å². The molecule has 0 amide bonds. The van der Waals surface area contributed by atoms with Crippen molar-refractivity contribution >= 4 is 34.7 Å². The third-order valence-corrected chi connectivity index (χ3v) is 3.94. The molecule has 0 saturated heterocycles. The maximum atomic E-state index is 5.35. The van der Waals surface area contributed by atoms with Crippen molar-refractivity contribution in [2.45, 2.75) is 20.4 Å². The molecule has 0 atom stereocenters. The van der Waals surface area contributed by atoms with Gasteiger partial charge in [-0.15, -0.1) is 11.3 Å². The minimum Gasteiger partial charge on any atom is -0.329 e. The van der Waals surface area contributed by atoms with Crippen LogP contribution < -0.4 is 0 Å². The molecule has 0 radical (unpaired) electrons. The van der Waals surface area contributed by atoms with Crippen molar-refractivity contribution in [1.82, 2.24) is 19.5 Å². The topological polar surface area (TPSA) is 46.5 Å². The van der Waals surface area contributed by atoms with Gasteiger partial charge in [0.15, 0.2) is 10.4 Å². The third kappa shape index (κ3) is 1.97. The van der Waals surface area contributed by atoms with E-state index in [1.807, 2.05) is 29.8 Å². The van der Waals surface area contributed by atoms with Crippen molar-refractivity contribution in [3.05, 3.63) is 38.7 Å². The summed E-state index contributed by atoms with van der Waals surface area (Å²) in [5.74, 6) is 0. The number of imidazole rings is 1. The molecule has 0 saturated carbocycles. The molecule has 3 aromatic heterocycles. The zero-order valence-electron chi connectivity index (χ0n) is 10.1. The fraction of sp³-hybridized carbons (Fsp3) is 0.250. The van der Waals surface area contributed by atoms with E-state index in [4.69, 9.17) is 12.2 Å². The van der Waals surface area contributed by atoms with Crippen LogP contribution in [0.15, 0.2) is 18.3 Å². The average Bonchev–Trinajstić information content (AvgIpc) is 2.86. The summed E-state index contributed by atoms with van der Waals surface area (Å²) in [6.45, 7) is 4.71. The van der Waals surface area contributed by atoms with E-state index >= 15 is 0 Å². The van der Waals surface area contributed by atoms with E-state index in [-0.39, 0.29) is 0 Å². The number of nitrogens with zero attached hydrogens (tertiary/aromatic N) is 3. The van der Waals surface area contributed by atoms with Crippen molar-refractivity contribution in [3.8, 4) is 0 Å². The second kappa shape index (κ2) is 4.29. The second-order valence-corrected chi connectivity index (χ2v) is 5.91. The Balaban J connectivity index is 2.13. The molecular weight excluding hydrogens is 264 g/mol. The van der Waals surface area contributed by atoms with E-state index in [9.17, 15) is 0 Å². The molecule has 0 unspecified atom stereocenters. The van der Waals surface area contributed by atoms with E-state index in [0.717, 1.165) is 21.9 Å². The summed E-state index contributed by atoms with van der Waals surface area (Å²) in [7, 11) is 0. The van der Waals surface area contributed by atoms with Crippen LogP contribution >= 0.6 is 23.6 Å². The Bertz CT molecular complexity index is 766. The molecule has 0 fully saturated rings. The molecule has 0 bridgehead atoms. The van der Waals surface area contributed by atoms with Gasteiger partial charge in [-0.2, -0.15) is 0 Å². The Morgan fingerprint density at radius 3 is 2.94 bits per heavy atom. The minimum absolute atomic E-state index is 0.674. The van der Waals surface area contributed by atoms with Gasteiger partial charge in [-0.25, -0.2) is 9.97 Å². The lowest BCUT2D eigenvalue weighted by atomic mass is 10.3. The fourth-order valence-corrected chi connectivity index (χ4v) is 2.92. The van der Waals surface area contributed by atoms with Gasteiger partial charge in [-0.3, -0.25) is 4.57 Å². The molecule has 3 heterocycles. The first kappa shape index (κ1) is 11.6. The SMILES string of the molecule is Cc1ccc2[nH]c(=S)n(Cc3ncc(C)s3)c2n1. The number of thiazole rings is 1. The summed E-state index contributed by atoms with van der Waals surface area (Å²) in [5.41, 5.74) is 2.85. The van der Waals surface area contributed by atoms with Gasteiger partial charge in [0, 0.05) is 16.8 Å². The summed E-state index contributed by atoms with van der Waals surface area (Å²) >= 11 is 7.03. The summed E-state index contributed by atoms with van der Waals surface area (Å²) in [6, 6.07) is 3.99. The van der Waals surface area contributed by atoms with Crippen molar-refractivity contribution < 1.29 is 0 Å². The highest BCUT2D eigenvalue weighted by Crippen LogP contribution is 2.17. The minimum atomic E-state index is 0.674. The predicted octanol–water partition coefficient (Wildman–Crippen LogP) is 3.22. The summed E-state index contributed by atoms with van der Waals surface area (Å²) in [4.78, 5) is 13.3. The van der Waals surface area contributed by atoms with Gasteiger partial charge < -0.3 is 4.98 Å². The molecule has 0 spiro atoms. The second-order valence-electron chi connectivity index (χ2n) is 4.20. The standard InChI is InChI=1S/C12H12N4S2/c1-7-3-4-9-11(14-7)16(12(17)15-9)6-10-13-5-8(2)18-10/h3-5H,6H2,1-2H3,(H,15,17). The van der Waals surface area contributed by atoms with Crippen LogP contribution in [0.1, 0.15) is 15.6 Å². The maximum Gasteiger partial charge on any atom is 0.179 e. The van der Waals surface area contributed by atoms with Crippen LogP contribution in [-0.4, -0.2) is 19.5 Å². The molecule has 6 heteroatoms. The number of hydrogen-bond acceptors (Lipinski definition) is 4. The van der Waals surface area contributed by atoms with Crippen molar-refractivity contribution in [2.75, 3.05) is 0 Å². The number of nitrogens with one attached hydrogen (secondary N) is 1. The molecule has 1 N–H and O–H groups in total. The normalized spacial score (nSPS) is 11.2. The lowest BCUT2D eigenvalue weighted by Crippen LogP contribution is -2.00. The molecule has 4 nitrogen and oxygen atoms in total. The van der Waals surface area contributed by atoms with E-state index in [2.05, 4.69) is 21.9 Å². The smallest absolute Gasteiger partial charge is 0.179 e. The van der Waals surface area contributed by atoms with Crippen LogP contribution in [0.2, 0.25) is 0 Å². The van der Waals surface area contributed by atoms with E-state index in [0.29, 0.717) is 11.3 Å². The van der Waals surface area contributed by atoms with Crippen molar-refractivity contribution in [2.24, 2.45) is 0 Å². The zero-order chi connectivity index (χ0) is 12.7. The third-order valence-electron chi connectivity index (χ3n) is 2.72. The highest BCUT2D eigenvalue weighted by molar-refractivity contribution is 7.71. The van der Waals surface area contributed by atoms with Gasteiger partial charge in [-0.05, 0) is 38.2 Å². The molecule has 0 aliphatic rings. The van der Waals surface area contributed by atoms with Gasteiger partial charge in [0.1, 0.15) is 5.01 Å². The van der Waals surface area contributed by atoms with E-state index in [1.54, 1.807) is 11.3 Å². The molecule has 92 valence electrons. The van der Waals surface area contributed by atoms with Crippen LogP contribution in [0.5, 0.6) is 0 Å². The number of aryl methyl sites for hydroxylation is 2. The van der Waals surface area contributed by atoms with Gasteiger partial charge in [0.25, 0.3) is 0 Å². The van der Waals surface area contributed by atoms with E-state index in [1.165, 1.54) is 4.88 Å². The fourth-order valence-electron chi connectivity index (χ4n) is 1.88. The van der Waals surface area contributed by atoms with Gasteiger partial charge in [-0.1, -0.05) is 0 Å². The van der Waals surface area contributed by atoms with Crippen LogP contribution in [0.25, 0.3) is 11.2 Å². The van der Waals surface area contributed by atoms with Gasteiger partial charge in [0.05, 0.1) is 12.1 Å². The summed E-state index contributed by atoms with van der Waals surface area (Å²) in [6.07, 6.45) is 1.89. The predicted molar refractivity (Wildman–Crippen MR) is 75.6 cm³/mol. The molecule has 0 aliphatic heterocycles. The molecule has 0 aliphatic carbocycles. The van der Waals surface area contributed by atoms with Gasteiger partial charge >= 0.3 is 0 Å².